The second-order valence-corrected chi connectivity index (χ2v) is 8.64. The van der Waals surface area contributed by atoms with Crippen LogP contribution in [0.2, 0.25) is 0 Å². The largest absolute Gasteiger partial charge is 0.454 e. The van der Waals surface area contributed by atoms with E-state index in [0.717, 1.165) is 23.1 Å². The Morgan fingerprint density at radius 3 is 2.56 bits per heavy atom. The quantitative estimate of drug-likeness (QED) is 0.392. The molecule has 180 valence electrons. The summed E-state index contributed by atoms with van der Waals surface area (Å²) in [5.74, 6) is 2.08. The molecule has 0 radical (unpaired) electrons. The van der Waals surface area contributed by atoms with Gasteiger partial charge in [0.05, 0.1) is 17.3 Å². The molecule has 0 saturated carbocycles. The van der Waals surface area contributed by atoms with Crippen LogP contribution in [0, 0.1) is 0 Å². The minimum atomic E-state index is -0.460. The highest BCUT2D eigenvalue weighted by Crippen LogP contribution is 2.42. The summed E-state index contributed by atoms with van der Waals surface area (Å²) in [6.07, 6.45) is 0.932. The van der Waals surface area contributed by atoms with Crippen molar-refractivity contribution in [2.24, 2.45) is 0 Å². The molecule has 0 fully saturated rings. The number of nitrogens with zero attached hydrogens (tertiary/aromatic N) is 3. The van der Waals surface area contributed by atoms with E-state index in [1.807, 2.05) is 55.5 Å². The first kappa shape index (κ1) is 21.9. The van der Waals surface area contributed by atoms with Crippen LogP contribution in [0.1, 0.15) is 36.9 Å². The van der Waals surface area contributed by atoms with E-state index in [4.69, 9.17) is 19.0 Å². The smallest absolute Gasteiger partial charge is 0.327 e. The lowest BCUT2D eigenvalue weighted by molar-refractivity contribution is 0.174. The maximum absolute atomic E-state index is 13.5. The van der Waals surface area contributed by atoms with E-state index in [0.29, 0.717) is 34.6 Å². The number of carbonyl (C=O) groups excluding carboxylic acids is 1. The van der Waals surface area contributed by atoms with E-state index in [9.17, 15) is 4.79 Å². The van der Waals surface area contributed by atoms with Gasteiger partial charge in [-0.15, -0.1) is 0 Å². The molecule has 3 heterocycles. The molecule has 2 aliphatic rings. The number of carbonyl (C=O) groups is 1. The van der Waals surface area contributed by atoms with E-state index in [-0.39, 0.29) is 12.8 Å². The van der Waals surface area contributed by atoms with Crippen molar-refractivity contribution in [1.82, 2.24) is 15.5 Å². The zero-order valence-corrected chi connectivity index (χ0v) is 19.9. The van der Waals surface area contributed by atoms with Crippen LogP contribution in [0.5, 0.6) is 11.5 Å². The van der Waals surface area contributed by atoms with Crippen molar-refractivity contribution in [3.63, 3.8) is 0 Å². The first-order valence-electron chi connectivity index (χ1n) is 11.8. The number of nitrogens with one attached hydrogen (secondary N) is 1. The molecular weight excluding hydrogens is 456 g/mol. The molecule has 1 aromatic heterocycles. The van der Waals surface area contributed by atoms with Gasteiger partial charge in [-0.05, 0) is 36.6 Å². The van der Waals surface area contributed by atoms with Crippen LogP contribution in [0.15, 0.2) is 83.0 Å². The molecule has 36 heavy (non-hydrogen) atoms. The van der Waals surface area contributed by atoms with Crippen LogP contribution >= 0.6 is 0 Å². The molecule has 0 bridgehead atoms. The van der Waals surface area contributed by atoms with Gasteiger partial charge in [-0.1, -0.05) is 66.7 Å². The molecule has 2 amide bonds. The molecular formula is C28H24N4O4. The summed E-state index contributed by atoms with van der Waals surface area (Å²) in [6, 6.07) is 22.5. The number of hydrogen-bond donors (Lipinski definition) is 1. The molecule has 4 aromatic rings. The fourth-order valence-electron chi connectivity index (χ4n) is 4.59. The van der Waals surface area contributed by atoms with Crippen LogP contribution in [-0.4, -0.2) is 23.0 Å². The number of anilines is 1. The molecule has 1 N–H and O–H groups in total. The van der Waals surface area contributed by atoms with E-state index in [1.54, 1.807) is 17.0 Å². The van der Waals surface area contributed by atoms with Gasteiger partial charge in [0, 0.05) is 17.3 Å². The molecule has 2 aliphatic heterocycles. The predicted molar refractivity (Wildman–Crippen MR) is 134 cm³/mol. The van der Waals surface area contributed by atoms with Gasteiger partial charge >= 0.3 is 6.03 Å². The van der Waals surface area contributed by atoms with Gasteiger partial charge in [0.2, 0.25) is 12.6 Å². The van der Waals surface area contributed by atoms with Crippen LogP contribution in [0.4, 0.5) is 10.5 Å². The Kier molecular flexibility index (Phi) is 5.41. The number of urea groups is 1. The summed E-state index contributed by atoms with van der Waals surface area (Å²) in [4.78, 5) is 19.8. The normalized spacial score (nSPS) is 16.9. The highest BCUT2D eigenvalue weighted by Gasteiger charge is 2.37. The third-order valence-corrected chi connectivity index (χ3v) is 6.51. The Morgan fingerprint density at radius 1 is 1.00 bits per heavy atom. The topological polar surface area (TPSA) is 89.7 Å². The van der Waals surface area contributed by atoms with E-state index >= 15 is 0 Å². The summed E-state index contributed by atoms with van der Waals surface area (Å²) in [5, 5.41) is 7.37. The molecule has 0 aliphatic carbocycles. The van der Waals surface area contributed by atoms with Gasteiger partial charge in [-0.3, -0.25) is 4.90 Å². The Morgan fingerprint density at radius 2 is 1.78 bits per heavy atom. The molecule has 0 spiro atoms. The van der Waals surface area contributed by atoms with Gasteiger partial charge in [-0.2, -0.15) is 4.98 Å². The number of hydrogen-bond acceptors (Lipinski definition) is 6. The molecule has 8 heteroatoms. The molecule has 6 rings (SSSR count). The molecule has 3 aromatic carbocycles. The number of ether oxygens (including phenoxy) is 2. The first-order valence-corrected chi connectivity index (χ1v) is 11.8. The Labute approximate surface area is 208 Å². The van der Waals surface area contributed by atoms with Crippen LogP contribution < -0.4 is 19.7 Å². The fourth-order valence-corrected chi connectivity index (χ4v) is 4.59. The number of amides is 2. The Bertz CT molecular complexity index is 1460. The van der Waals surface area contributed by atoms with Gasteiger partial charge < -0.3 is 19.3 Å². The Hall–Kier alpha value is -4.59. The summed E-state index contributed by atoms with van der Waals surface area (Å²) >= 11 is 0. The van der Waals surface area contributed by atoms with Crippen molar-refractivity contribution < 1.29 is 18.8 Å². The average molecular weight is 481 g/mol. The van der Waals surface area contributed by atoms with Crippen LogP contribution in [0.25, 0.3) is 17.0 Å². The summed E-state index contributed by atoms with van der Waals surface area (Å²) < 4.78 is 16.8. The second-order valence-electron chi connectivity index (χ2n) is 8.64. The Balaban J connectivity index is 1.48. The van der Waals surface area contributed by atoms with Crippen LogP contribution in [-0.2, 0) is 6.42 Å². The summed E-state index contributed by atoms with van der Waals surface area (Å²) in [5.41, 5.74) is 5.06. The zero-order valence-electron chi connectivity index (χ0n) is 19.9. The lowest BCUT2D eigenvalue weighted by atomic mass is 9.93. The number of allylic oxidation sites excluding steroid dienone is 1. The minimum Gasteiger partial charge on any atom is -0.454 e. The lowest BCUT2D eigenvalue weighted by Crippen LogP contribution is -2.46. The van der Waals surface area contributed by atoms with E-state index in [1.165, 1.54) is 5.56 Å². The highest BCUT2D eigenvalue weighted by molar-refractivity contribution is 6.01. The third kappa shape index (κ3) is 3.76. The van der Waals surface area contributed by atoms with Crippen LogP contribution in [0.3, 0.4) is 0 Å². The molecule has 1 unspecified atom stereocenters. The fraction of sp³-hybridized carbons (Fsp3) is 0.179. The van der Waals surface area contributed by atoms with Gasteiger partial charge in [0.25, 0.3) is 5.89 Å². The standard InChI is InChI=1S/C28H24N4O4/c1-3-18-9-11-19(12-10-18)25-24(27-30-26(31-36-27)20-7-5-4-6-8-20)17(2)32(28(33)29-25)21-13-14-22-23(15-21)35-16-34-22/h4-15,25H,3,16H2,1-2H3,(H,29,33). The molecule has 1 atom stereocenters. The van der Waals surface area contributed by atoms with Crippen molar-refractivity contribution >= 4 is 17.3 Å². The molecule has 0 saturated heterocycles. The van der Waals surface area contributed by atoms with E-state index < -0.39 is 6.04 Å². The van der Waals surface area contributed by atoms with Gasteiger partial charge in [0.15, 0.2) is 11.5 Å². The monoisotopic (exact) mass is 480 g/mol. The first-order chi connectivity index (χ1) is 17.6. The molecule has 8 nitrogen and oxygen atoms in total. The third-order valence-electron chi connectivity index (χ3n) is 6.51. The average Bonchev–Trinajstić information content (AvgIpc) is 3.59. The van der Waals surface area contributed by atoms with Crippen molar-refractivity contribution in [3.05, 3.63) is 95.5 Å². The van der Waals surface area contributed by atoms with Crippen molar-refractivity contribution in [1.29, 1.82) is 0 Å². The highest BCUT2D eigenvalue weighted by atomic mass is 16.7. The summed E-state index contributed by atoms with van der Waals surface area (Å²) in [6.45, 7) is 4.16. The van der Waals surface area contributed by atoms with Gasteiger partial charge in [0.1, 0.15) is 0 Å². The number of aryl methyl sites for hydroxylation is 1. The van der Waals surface area contributed by atoms with Crippen molar-refractivity contribution in [2.45, 2.75) is 26.3 Å². The predicted octanol–water partition coefficient (Wildman–Crippen LogP) is 5.73. The van der Waals surface area contributed by atoms with Crippen molar-refractivity contribution in [3.8, 4) is 22.9 Å². The minimum absolute atomic E-state index is 0.158. The maximum atomic E-state index is 13.5. The SMILES string of the molecule is CCc1ccc(C2NC(=O)N(c3ccc4c(c3)OCO4)C(C)=C2c2nc(-c3ccccc3)no2)cc1. The lowest BCUT2D eigenvalue weighted by Gasteiger charge is -2.35. The summed E-state index contributed by atoms with van der Waals surface area (Å²) in [7, 11) is 0. The maximum Gasteiger partial charge on any atom is 0.327 e. The number of aromatic nitrogens is 2. The number of benzene rings is 3. The second kappa shape index (κ2) is 8.88. The van der Waals surface area contributed by atoms with Gasteiger partial charge in [-0.25, -0.2) is 4.79 Å². The number of rotatable bonds is 5. The van der Waals surface area contributed by atoms with E-state index in [2.05, 4.69) is 29.5 Å². The number of fused-ring (bicyclic) bond motifs is 1. The zero-order chi connectivity index (χ0) is 24.6. The van der Waals surface area contributed by atoms with Crippen molar-refractivity contribution in [2.75, 3.05) is 11.7 Å².